The van der Waals surface area contributed by atoms with Crippen LogP contribution in [0.1, 0.15) is 74.2 Å². The smallest absolute Gasteiger partial charge is 0.336 e. The van der Waals surface area contributed by atoms with E-state index in [2.05, 4.69) is 22.2 Å². The lowest BCUT2D eigenvalue weighted by atomic mass is 9.88. The molecule has 1 aliphatic carbocycles. The number of anilines is 1. The number of phenols is 1. The zero-order chi connectivity index (χ0) is 48.8. The number of rotatable bonds is 12. The molecule has 0 fully saturated rings. The molecular formula is C53H38N4O12. The lowest BCUT2D eigenvalue weighted by Crippen LogP contribution is -2.25. The average molecular weight is 923 g/mol. The van der Waals surface area contributed by atoms with Gasteiger partial charge in [-0.2, -0.15) is 0 Å². The monoisotopic (exact) mass is 922 g/mol. The van der Waals surface area contributed by atoms with Gasteiger partial charge in [0.1, 0.15) is 34.3 Å². The third-order valence-electron chi connectivity index (χ3n) is 11.7. The second kappa shape index (κ2) is 17.7. The van der Waals surface area contributed by atoms with E-state index < -0.39 is 35.2 Å². The van der Waals surface area contributed by atoms with Crippen LogP contribution in [-0.4, -0.2) is 69.2 Å². The molecule has 0 atom stereocenters. The zero-order valence-corrected chi connectivity index (χ0v) is 36.6. The zero-order valence-electron chi connectivity index (χ0n) is 36.6. The molecule has 0 spiro atoms. The van der Waals surface area contributed by atoms with E-state index in [0.717, 1.165) is 11.8 Å². The van der Waals surface area contributed by atoms with Gasteiger partial charge in [0.25, 0.3) is 11.8 Å². The molecule has 1 aromatic heterocycles. The molecule has 0 saturated heterocycles. The molecule has 16 heteroatoms. The summed E-state index contributed by atoms with van der Waals surface area (Å²) in [5.74, 6) is -4.36. The number of phenolic OH excluding ortho intramolecular Hbond substituents is 1. The number of carbonyl (C=O) groups is 5. The van der Waals surface area contributed by atoms with Crippen LogP contribution in [0.15, 0.2) is 131 Å². The third kappa shape index (κ3) is 8.45. The van der Waals surface area contributed by atoms with Crippen molar-refractivity contribution in [2.75, 3.05) is 19.0 Å². The third-order valence-corrected chi connectivity index (χ3v) is 11.7. The number of hydrogen-bond donors (Lipinski definition) is 6. The molecule has 3 aliphatic rings. The van der Waals surface area contributed by atoms with Gasteiger partial charge >= 0.3 is 17.9 Å². The first kappa shape index (κ1) is 44.6. The molecule has 2 amide bonds. The van der Waals surface area contributed by atoms with Crippen molar-refractivity contribution in [1.82, 2.24) is 15.6 Å². The summed E-state index contributed by atoms with van der Waals surface area (Å²) < 4.78 is 12.4. The van der Waals surface area contributed by atoms with Crippen LogP contribution in [0.4, 0.5) is 5.69 Å². The van der Waals surface area contributed by atoms with Crippen LogP contribution in [0.3, 0.4) is 0 Å². The minimum Gasteiger partial charge on any atom is -0.507 e. The highest BCUT2D eigenvalue weighted by molar-refractivity contribution is 6.09. The van der Waals surface area contributed by atoms with Crippen molar-refractivity contribution in [2.45, 2.75) is 13.1 Å². The Morgan fingerprint density at radius 2 is 1.36 bits per heavy atom. The number of carboxylic acids is 3. The summed E-state index contributed by atoms with van der Waals surface area (Å²) in [5, 5.41) is 48.3. The quantitative estimate of drug-likeness (QED) is 0.0722. The molecule has 6 aromatic rings. The van der Waals surface area contributed by atoms with Crippen molar-refractivity contribution < 1.29 is 53.6 Å². The number of pyridine rings is 1. The number of benzene rings is 6. The van der Waals surface area contributed by atoms with E-state index in [0.29, 0.717) is 55.1 Å². The second-order valence-electron chi connectivity index (χ2n) is 16.3. The van der Waals surface area contributed by atoms with E-state index in [-0.39, 0.29) is 74.8 Å². The van der Waals surface area contributed by atoms with E-state index >= 15 is 0 Å². The number of aromatic nitrogens is 1. The van der Waals surface area contributed by atoms with Crippen LogP contribution >= 0.6 is 0 Å². The molecule has 6 N–H and O–H groups in total. The lowest BCUT2D eigenvalue weighted by Gasteiger charge is -2.24. The summed E-state index contributed by atoms with van der Waals surface area (Å²) in [6.45, 7) is 3.68. The number of fused-ring (bicyclic) bond motifs is 4. The fourth-order valence-electron chi connectivity index (χ4n) is 8.29. The number of carboxylic acid groups (broad SMARTS) is 3. The summed E-state index contributed by atoms with van der Waals surface area (Å²) in [6, 6.07) is 28.9. The average Bonchev–Trinajstić information content (AvgIpc) is 3.33. The highest BCUT2D eigenvalue weighted by Gasteiger charge is 2.27. The molecular weight excluding hydrogens is 885 g/mol. The van der Waals surface area contributed by atoms with Crippen molar-refractivity contribution in [1.29, 1.82) is 0 Å². The van der Waals surface area contributed by atoms with Gasteiger partial charge in [-0.3, -0.25) is 19.4 Å². The standard InChI is InChI=1S/C53H38N4O12/c1-26-4-10-34-43(18-26)68-44-21-30(57(2)3)8-13-35(44)46(34)32-11-6-28(19-38(32)52(64)65)49(60)55-24-27-5-16-41(54-23-27)50(61)56-25-40-42(59)17-15-37-47(36-14-9-31(58)22-45(36)69-48(37)40)33-12-7-29(51(62)63)20-39(33)53(66)67/h4-23,59H,1,24-25H2,2-3H3,(H,55,60)(H,56,61)(H,62,63)(H,64,65)(H,66,67). The normalized spacial score (nSPS) is 11.6. The van der Waals surface area contributed by atoms with E-state index in [1.807, 2.05) is 49.3 Å². The number of aromatic hydroxyl groups is 1. The Morgan fingerprint density at radius 1 is 0.667 bits per heavy atom. The lowest BCUT2D eigenvalue weighted by molar-refractivity contribution is 0.0682. The van der Waals surface area contributed by atoms with Crippen LogP contribution in [0.5, 0.6) is 17.2 Å². The molecule has 342 valence electrons. The maximum Gasteiger partial charge on any atom is 0.336 e. The van der Waals surface area contributed by atoms with Crippen LogP contribution < -0.4 is 36.1 Å². The van der Waals surface area contributed by atoms with Gasteiger partial charge in [0, 0.05) is 83.1 Å². The van der Waals surface area contributed by atoms with E-state index in [1.54, 1.807) is 24.3 Å². The highest BCUT2D eigenvalue weighted by atomic mass is 16.5. The van der Waals surface area contributed by atoms with Crippen molar-refractivity contribution in [2.24, 2.45) is 0 Å². The van der Waals surface area contributed by atoms with Crippen LogP contribution in [-0.2, 0) is 13.1 Å². The first-order chi connectivity index (χ1) is 33.1. The molecule has 69 heavy (non-hydrogen) atoms. The first-order valence-corrected chi connectivity index (χ1v) is 21.1. The SMILES string of the molecule is C=c1ccc2c(c1)Oc1cc(N(C)C)ccc1C=2c1ccc(C(=O)NCc2ccc(C(=O)NCc3c(O)ccc4c(-c5ccc(C(=O)O)cc5C(=O)O)c5ccc(=O)cc-5oc34)nc2)cc1C(=O)O. The summed E-state index contributed by atoms with van der Waals surface area (Å²) >= 11 is 0. The van der Waals surface area contributed by atoms with Gasteiger partial charge in [0.05, 0.1) is 28.8 Å². The van der Waals surface area contributed by atoms with E-state index in [1.165, 1.54) is 60.8 Å². The number of aromatic carboxylic acids is 3. The number of hydrogen-bond acceptors (Lipinski definition) is 11. The number of ether oxygens (including phenoxy) is 1. The maximum atomic E-state index is 13.5. The summed E-state index contributed by atoms with van der Waals surface area (Å²) in [4.78, 5) is 82.5. The molecule has 16 nitrogen and oxygen atoms in total. The molecule has 0 bridgehead atoms. The Hall–Kier alpha value is -9.57. The Morgan fingerprint density at radius 3 is 2.09 bits per heavy atom. The molecule has 2 aliphatic heterocycles. The number of carbonyl (C=O) groups excluding carboxylic acids is 2. The Kier molecular flexibility index (Phi) is 11.4. The van der Waals surface area contributed by atoms with Crippen molar-refractivity contribution in [3.8, 4) is 39.7 Å². The minimum atomic E-state index is -1.40. The molecule has 0 unspecified atom stereocenters. The van der Waals surface area contributed by atoms with Gasteiger partial charge in [-0.1, -0.05) is 36.9 Å². The van der Waals surface area contributed by atoms with Gasteiger partial charge in [0.2, 0.25) is 0 Å². The highest BCUT2D eigenvalue weighted by Crippen LogP contribution is 2.44. The van der Waals surface area contributed by atoms with Crippen LogP contribution in [0.2, 0.25) is 0 Å². The van der Waals surface area contributed by atoms with Gasteiger partial charge in [-0.15, -0.1) is 0 Å². The topological polar surface area (TPSA) is 246 Å². The largest absolute Gasteiger partial charge is 0.507 e. The van der Waals surface area contributed by atoms with Gasteiger partial charge in [0.15, 0.2) is 5.43 Å². The van der Waals surface area contributed by atoms with Crippen molar-refractivity contribution in [3.63, 3.8) is 0 Å². The molecule has 0 radical (unpaired) electrons. The Balaban J connectivity index is 0.939. The van der Waals surface area contributed by atoms with Crippen LogP contribution in [0.25, 0.3) is 45.6 Å². The predicted octanol–water partition coefficient (Wildman–Crippen LogP) is 6.45. The Bertz CT molecular complexity index is 3660. The molecule has 0 saturated carbocycles. The summed E-state index contributed by atoms with van der Waals surface area (Å²) in [7, 11) is 3.80. The molecule has 9 rings (SSSR count). The minimum absolute atomic E-state index is 0.0201. The van der Waals surface area contributed by atoms with E-state index in [4.69, 9.17) is 9.15 Å². The maximum absolute atomic E-state index is 13.5. The number of amides is 2. The summed E-state index contributed by atoms with van der Waals surface area (Å²) in [5.41, 5.74) is 2.93. The van der Waals surface area contributed by atoms with E-state index in [9.17, 15) is 49.2 Å². The Labute approximate surface area is 390 Å². The fraction of sp³-hybridized carbons (Fsp3) is 0.0755. The number of nitrogens with one attached hydrogen (secondary N) is 2. The first-order valence-electron chi connectivity index (χ1n) is 21.1. The van der Waals surface area contributed by atoms with Gasteiger partial charge in [-0.05, 0) is 94.7 Å². The predicted molar refractivity (Wildman–Crippen MR) is 254 cm³/mol. The number of nitrogens with zero attached hydrogens (tertiary/aromatic N) is 2. The van der Waals surface area contributed by atoms with Gasteiger partial charge < -0.3 is 45.1 Å². The van der Waals surface area contributed by atoms with Gasteiger partial charge in [-0.25, -0.2) is 14.4 Å². The van der Waals surface area contributed by atoms with Crippen molar-refractivity contribution in [3.05, 3.63) is 192 Å². The molecule has 3 heterocycles. The second-order valence-corrected chi connectivity index (χ2v) is 16.3. The summed E-state index contributed by atoms with van der Waals surface area (Å²) in [6.07, 6.45) is 1.38. The fourth-order valence-corrected chi connectivity index (χ4v) is 8.29. The van der Waals surface area contributed by atoms with Crippen molar-refractivity contribution >= 4 is 58.5 Å². The molecule has 5 aromatic carbocycles. The van der Waals surface area contributed by atoms with Crippen LogP contribution in [0, 0.1) is 0 Å².